The zero-order chi connectivity index (χ0) is 24.9. The Morgan fingerprint density at radius 2 is 1.74 bits per heavy atom. The lowest BCUT2D eigenvalue weighted by Gasteiger charge is -2.26. The van der Waals surface area contributed by atoms with E-state index in [1.807, 2.05) is 13.8 Å². The van der Waals surface area contributed by atoms with Crippen LogP contribution in [-0.4, -0.2) is 68.2 Å². The second-order valence-corrected chi connectivity index (χ2v) is 8.39. The van der Waals surface area contributed by atoms with Crippen LogP contribution in [0.5, 0.6) is 11.5 Å². The molecule has 10 heteroatoms. The summed E-state index contributed by atoms with van der Waals surface area (Å²) in [5.41, 5.74) is 0.146. The second-order valence-electron chi connectivity index (χ2n) is 8.39. The number of rotatable bonds is 11. The molecular formula is C24H35N3O7. The number of benzene rings is 1. The maximum Gasteiger partial charge on any atom is 0.338 e. The maximum atomic E-state index is 12.4. The summed E-state index contributed by atoms with van der Waals surface area (Å²) in [7, 11) is 0. The molecule has 0 unspecified atom stereocenters. The van der Waals surface area contributed by atoms with Gasteiger partial charge in [-0.2, -0.15) is 0 Å². The van der Waals surface area contributed by atoms with E-state index in [4.69, 9.17) is 14.2 Å². The largest absolute Gasteiger partial charge is 0.490 e. The lowest BCUT2D eigenvalue weighted by Crippen LogP contribution is -2.41. The number of esters is 1. The van der Waals surface area contributed by atoms with E-state index in [9.17, 15) is 19.2 Å². The maximum absolute atomic E-state index is 12.4. The van der Waals surface area contributed by atoms with Crippen molar-refractivity contribution in [2.24, 2.45) is 5.92 Å². The fourth-order valence-corrected chi connectivity index (χ4v) is 3.29. The molecule has 1 heterocycles. The van der Waals surface area contributed by atoms with Crippen LogP contribution in [0.15, 0.2) is 18.2 Å². The van der Waals surface area contributed by atoms with Gasteiger partial charge in [-0.25, -0.2) is 9.59 Å². The molecule has 10 nitrogen and oxygen atoms in total. The molecule has 0 aromatic heterocycles. The highest BCUT2D eigenvalue weighted by atomic mass is 16.5. The van der Waals surface area contributed by atoms with Gasteiger partial charge in [0, 0.05) is 19.6 Å². The first-order chi connectivity index (χ1) is 16.3. The van der Waals surface area contributed by atoms with Crippen molar-refractivity contribution in [3.05, 3.63) is 23.8 Å². The first-order valence-corrected chi connectivity index (χ1v) is 11.7. The minimum absolute atomic E-state index is 0.0927. The number of carbonyl (C=O) groups excluding carboxylic acids is 4. The molecule has 0 saturated carbocycles. The summed E-state index contributed by atoms with van der Waals surface area (Å²) in [6.45, 7) is 7.33. The Morgan fingerprint density at radius 3 is 2.41 bits per heavy atom. The normalized spacial score (nSPS) is 13.2. The van der Waals surface area contributed by atoms with Gasteiger partial charge in [-0.1, -0.05) is 13.8 Å². The molecule has 1 saturated heterocycles. The summed E-state index contributed by atoms with van der Waals surface area (Å²) in [5.74, 6) is -0.545. The predicted molar refractivity (Wildman–Crippen MR) is 125 cm³/mol. The van der Waals surface area contributed by atoms with Gasteiger partial charge in [-0.3, -0.25) is 14.9 Å². The topological polar surface area (TPSA) is 123 Å². The molecule has 1 aromatic rings. The zero-order valence-electron chi connectivity index (χ0n) is 20.2. The molecule has 0 spiro atoms. The van der Waals surface area contributed by atoms with Crippen LogP contribution in [0.4, 0.5) is 4.79 Å². The molecule has 2 rings (SSSR count). The van der Waals surface area contributed by atoms with Gasteiger partial charge in [0.1, 0.15) is 0 Å². The van der Waals surface area contributed by atoms with Crippen molar-refractivity contribution in [3.63, 3.8) is 0 Å². The fourth-order valence-electron chi connectivity index (χ4n) is 3.29. The number of imide groups is 1. The number of piperidine rings is 1. The van der Waals surface area contributed by atoms with Gasteiger partial charge in [0.15, 0.2) is 24.7 Å². The third-order valence-corrected chi connectivity index (χ3v) is 5.13. The summed E-state index contributed by atoms with van der Waals surface area (Å²) >= 11 is 0. The second kappa shape index (κ2) is 14.1. The smallest absolute Gasteiger partial charge is 0.338 e. The Labute approximate surface area is 200 Å². The molecule has 0 aliphatic carbocycles. The molecule has 34 heavy (non-hydrogen) atoms. The Bertz CT molecular complexity index is 851. The van der Waals surface area contributed by atoms with Crippen molar-refractivity contribution in [1.82, 2.24) is 15.5 Å². The van der Waals surface area contributed by atoms with E-state index in [-0.39, 0.29) is 23.8 Å². The van der Waals surface area contributed by atoms with Gasteiger partial charge >= 0.3 is 12.0 Å². The molecule has 2 N–H and O–H groups in total. The average Bonchev–Trinajstić information content (AvgIpc) is 2.82. The molecule has 1 aliphatic rings. The number of hydrogen-bond donors (Lipinski definition) is 2. The number of likely N-dealkylation sites (tertiary alicyclic amines) is 1. The Hall–Kier alpha value is -3.30. The van der Waals surface area contributed by atoms with Crippen LogP contribution in [0.2, 0.25) is 0 Å². The van der Waals surface area contributed by atoms with E-state index in [0.717, 1.165) is 38.8 Å². The zero-order valence-corrected chi connectivity index (χ0v) is 20.2. The van der Waals surface area contributed by atoms with Crippen LogP contribution in [0.1, 0.15) is 56.8 Å². The van der Waals surface area contributed by atoms with Crippen LogP contribution in [-0.2, 0) is 14.3 Å². The SMILES string of the molecule is CCOc1cc(C(=O)OCC(=O)NC(=O)NCCC(C)C)ccc1OCC(=O)N1CCCCC1. The highest BCUT2D eigenvalue weighted by Gasteiger charge is 2.19. The van der Waals surface area contributed by atoms with E-state index >= 15 is 0 Å². The van der Waals surface area contributed by atoms with Crippen LogP contribution < -0.4 is 20.1 Å². The van der Waals surface area contributed by atoms with Crippen molar-refractivity contribution in [3.8, 4) is 11.5 Å². The summed E-state index contributed by atoms with van der Waals surface area (Å²) in [5, 5.41) is 4.67. The minimum Gasteiger partial charge on any atom is -0.490 e. The number of ether oxygens (including phenoxy) is 3. The minimum atomic E-state index is -0.757. The van der Waals surface area contributed by atoms with Crippen LogP contribution in [0, 0.1) is 5.92 Å². The molecule has 188 valence electrons. The van der Waals surface area contributed by atoms with Crippen molar-refractivity contribution < 1.29 is 33.4 Å². The summed E-state index contributed by atoms with van der Waals surface area (Å²) in [6, 6.07) is 3.78. The van der Waals surface area contributed by atoms with Gasteiger partial charge in [-0.15, -0.1) is 0 Å². The van der Waals surface area contributed by atoms with E-state index in [0.29, 0.717) is 24.8 Å². The third kappa shape index (κ3) is 9.29. The highest BCUT2D eigenvalue weighted by Crippen LogP contribution is 2.29. The summed E-state index contributed by atoms with van der Waals surface area (Å²) in [4.78, 5) is 50.0. The Kier molecular flexibility index (Phi) is 11.2. The van der Waals surface area contributed by atoms with Crippen LogP contribution in [0.3, 0.4) is 0 Å². The fraction of sp³-hybridized carbons (Fsp3) is 0.583. The molecule has 1 aliphatic heterocycles. The molecule has 1 aromatic carbocycles. The van der Waals surface area contributed by atoms with Gasteiger partial charge < -0.3 is 24.4 Å². The van der Waals surface area contributed by atoms with Crippen molar-refractivity contribution in [1.29, 1.82) is 0 Å². The number of urea groups is 1. The summed E-state index contributed by atoms with van der Waals surface area (Å²) in [6.07, 6.45) is 3.90. The molecular weight excluding hydrogens is 442 g/mol. The van der Waals surface area contributed by atoms with E-state index < -0.39 is 24.5 Å². The van der Waals surface area contributed by atoms with Crippen molar-refractivity contribution in [2.45, 2.75) is 46.5 Å². The first-order valence-electron chi connectivity index (χ1n) is 11.7. The van der Waals surface area contributed by atoms with Gasteiger partial charge in [-0.05, 0) is 56.7 Å². The van der Waals surface area contributed by atoms with Crippen molar-refractivity contribution in [2.75, 3.05) is 39.5 Å². The molecule has 4 amide bonds. The number of carbonyl (C=O) groups is 4. The predicted octanol–water partition coefficient (Wildman–Crippen LogP) is 2.51. The third-order valence-electron chi connectivity index (χ3n) is 5.13. The lowest BCUT2D eigenvalue weighted by atomic mass is 10.1. The Balaban J connectivity index is 1.86. The average molecular weight is 478 g/mol. The quantitative estimate of drug-likeness (QED) is 0.470. The van der Waals surface area contributed by atoms with E-state index in [2.05, 4.69) is 10.6 Å². The monoisotopic (exact) mass is 477 g/mol. The molecule has 0 radical (unpaired) electrons. The molecule has 0 atom stereocenters. The van der Waals surface area contributed by atoms with Crippen LogP contribution in [0.25, 0.3) is 0 Å². The number of hydrogen-bond acceptors (Lipinski definition) is 7. The molecule has 1 fully saturated rings. The lowest BCUT2D eigenvalue weighted by molar-refractivity contribution is -0.134. The molecule has 0 bridgehead atoms. The summed E-state index contributed by atoms with van der Waals surface area (Å²) < 4.78 is 16.2. The number of nitrogens with zero attached hydrogens (tertiary/aromatic N) is 1. The highest BCUT2D eigenvalue weighted by molar-refractivity contribution is 5.97. The van der Waals surface area contributed by atoms with Gasteiger partial charge in [0.05, 0.1) is 12.2 Å². The van der Waals surface area contributed by atoms with E-state index in [1.54, 1.807) is 11.8 Å². The number of nitrogens with one attached hydrogen (secondary N) is 2. The van der Waals surface area contributed by atoms with Crippen LogP contribution >= 0.6 is 0 Å². The van der Waals surface area contributed by atoms with E-state index in [1.165, 1.54) is 18.2 Å². The van der Waals surface area contributed by atoms with Gasteiger partial charge in [0.25, 0.3) is 11.8 Å². The van der Waals surface area contributed by atoms with Crippen molar-refractivity contribution >= 4 is 23.8 Å². The van der Waals surface area contributed by atoms with Gasteiger partial charge in [0.2, 0.25) is 0 Å². The number of amides is 4. The first kappa shape index (κ1) is 26.9. The Morgan fingerprint density at radius 1 is 1.00 bits per heavy atom. The standard InChI is InChI=1S/C24H35N3O7/c1-4-32-20-14-18(8-9-19(20)33-16-22(29)27-12-6-5-7-13-27)23(30)34-15-21(28)26-24(31)25-11-10-17(2)3/h8-9,14,17H,4-7,10-13,15-16H2,1-3H3,(H2,25,26,28,31).